The number of hydrogen-bond donors (Lipinski definition) is 2. The highest BCUT2D eigenvalue weighted by atomic mass is 16.2. The maximum Gasteiger partial charge on any atom is 0.256 e. The molecule has 0 spiro atoms. The van der Waals surface area contributed by atoms with Crippen LogP contribution in [0, 0.1) is 0 Å². The topological polar surface area (TPSA) is 58.2 Å². The molecule has 0 radical (unpaired) electrons. The Hall–Kier alpha value is -2.88. The number of nitrogens with one attached hydrogen (secondary N) is 2. The molecule has 2 aromatic rings. The van der Waals surface area contributed by atoms with Gasteiger partial charge < -0.3 is 10.6 Å². The van der Waals surface area contributed by atoms with Gasteiger partial charge in [0.25, 0.3) is 5.91 Å². The van der Waals surface area contributed by atoms with Gasteiger partial charge in [0.2, 0.25) is 5.91 Å². The molecule has 4 nitrogen and oxygen atoms in total. The molecular formula is C17H14N2O2. The first-order valence-corrected chi connectivity index (χ1v) is 6.63. The second-order valence-corrected chi connectivity index (χ2v) is 4.86. The Morgan fingerprint density at radius 2 is 1.81 bits per heavy atom. The van der Waals surface area contributed by atoms with Crippen molar-refractivity contribution >= 4 is 34.8 Å². The molecule has 104 valence electrons. The Morgan fingerprint density at radius 3 is 2.52 bits per heavy atom. The lowest BCUT2D eigenvalue weighted by molar-refractivity contribution is -0.114. The summed E-state index contributed by atoms with van der Waals surface area (Å²) in [6.07, 6.45) is 1.85. The summed E-state index contributed by atoms with van der Waals surface area (Å²) in [5.74, 6) is -0.202. The van der Waals surface area contributed by atoms with E-state index in [0.717, 1.165) is 22.5 Å². The first kappa shape index (κ1) is 13.1. The van der Waals surface area contributed by atoms with Crippen molar-refractivity contribution in [2.45, 2.75) is 6.92 Å². The lowest BCUT2D eigenvalue weighted by Crippen LogP contribution is -2.05. The van der Waals surface area contributed by atoms with Crippen LogP contribution in [0.2, 0.25) is 0 Å². The third-order valence-corrected chi connectivity index (χ3v) is 3.25. The second-order valence-electron chi connectivity index (χ2n) is 4.86. The van der Waals surface area contributed by atoms with Crippen molar-refractivity contribution in [3.8, 4) is 0 Å². The fourth-order valence-corrected chi connectivity index (χ4v) is 2.31. The van der Waals surface area contributed by atoms with E-state index < -0.39 is 0 Å². The summed E-state index contributed by atoms with van der Waals surface area (Å²) in [6.45, 7) is 1.47. The lowest BCUT2D eigenvalue weighted by Gasteiger charge is -2.02. The highest BCUT2D eigenvalue weighted by Crippen LogP contribution is 2.32. The average molecular weight is 278 g/mol. The van der Waals surface area contributed by atoms with E-state index in [2.05, 4.69) is 10.6 Å². The Kier molecular flexibility index (Phi) is 3.28. The summed E-state index contributed by atoms with van der Waals surface area (Å²) >= 11 is 0. The van der Waals surface area contributed by atoms with Crippen molar-refractivity contribution in [3.63, 3.8) is 0 Å². The molecule has 0 saturated heterocycles. The molecule has 1 heterocycles. The van der Waals surface area contributed by atoms with E-state index in [9.17, 15) is 9.59 Å². The third-order valence-electron chi connectivity index (χ3n) is 3.25. The zero-order valence-electron chi connectivity index (χ0n) is 11.5. The van der Waals surface area contributed by atoms with Crippen molar-refractivity contribution in [1.82, 2.24) is 0 Å². The molecule has 0 aromatic heterocycles. The summed E-state index contributed by atoms with van der Waals surface area (Å²) in [4.78, 5) is 23.0. The lowest BCUT2D eigenvalue weighted by atomic mass is 10.0. The quantitative estimate of drug-likeness (QED) is 0.829. The third kappa shape index (κ3) is 2.69. The van der Waals surface area contributed by atoms with Gasteiger partial charge in [-0.1, -0.05) is 30.3 Å². The Labute approximate surface area is 122 Å². The predicted molar refractivity (Wildman–Crippen MR) is 83.7 cm³/mol. The molecule has 0 atom stereocenters. The van der Waals surface area contributed by atoms with Crippen LogP contribution in [-0.2, 0) is 9.59 Å². The molecule has 3 rings (SSSR count). The van der Waals surface area contributed by atoms with Crippen LogP contribution in [0.1, 0.15) is 18.1 Å². The maximum absolute atomic E-state index is 12.0. The number of benzene rings is 2. The number of anilines is 2. The van der Waals surface area contributed by atoms with Gasteiger partial charge in [0.1, 0.15) is 0 Å². The molecule has 0 saturated carbocycles. The fraction of sp³-hybridized carbons (Fsp3) is 0.0588. The van der Waals surface area contributed by atoms with E-state index in [1.807, 2.05) is 54.6 Å². The van der Waals surface area contributed by atoms with Crippen LogP contribution >= 0.6 is 0 Å². The summed E-state index contributed by atoms with van der Waals surface area (Å²) in [6, 6.07) is 15.0. The molecule has 1 aliphatic heterocycles. The van der Waals surface area contributed by atoms with Crippen LogP contribution < -0.4 is 10.6 Å². The first-order chi connectivity index (χ1) is 10.1. The van der Waals surface area contributed by atoms with Crippen LogP contribution in [0.4, 0.5) is 11.4 Å². The molecule has 0 unspecified atom stereocenters. The Balaban J connectivity index is 1.91. The van der Waals surface area contributed by atoms with Gasteiger partial charge >= 0.3 is 0 Å². The van der Waals surface area contributed by atoms with E-state index in [1.54, 1.807) is 0 Å². The molecule has 2 N–H and O–H groups in total. The molecule has 0 aliphatic carbocycles. The number of carbonyl (C=O) groups excluding carboxylic acids is 2. The van der Waals surface area contributed by atoms with E-state index in [0.29, 0.717) is 5.57 Å². The summed E-state index contributed by atoms with van der Waals surface area (Å²) in [5, 5.41) is 5.55. The van der Waals surface area contributed by atoms with Gasteiger partial charge in [-0.25, -0.2) is 0 Å². The summed E-state index contributed by atoms with van der Waals surface area (Å²) < 4.78 is 0. The smallest absolute Gasteiger partial charge is 0.256 e. The van der Waals surface area contributed by atoms with Gasteiger partial charge in [0.15, 0.2) is 0 Å². The number of para-hydroxylation sites is 1. The number of carbonyl (C=O) groups is 2. The molecule has 0 bridgehead atoms. The van der Waals surface area contributed by atoms with Crippen molar-refractivity contribution in [1.29, 1.82) is 0 Å². The van der Waals surface area contributed by atoms with Gasteiger partial charge in [-0.3, -0.25) is 9.59 Å². The number of hydrogen-bond acceptors (Lipinski definition) is 2. The molecule has 1 aliphatic rings. The number of rotatable bonds is 2. The predicted octanol–water partition coefficient (Wildman–Crippen LogP) is 3.14. The molecule has 4 heteroatoms. The molecule has 0 fully saturated rings. The summed E-state index contributed by atoms with van der Waals surface area (Å²) in [5.41, 5.74) is 4.04. The number of fused-ring (bicyclic) bond motifs is 1. The second kappa shape index (κ2) is 5.25. The van der Waals surface area contributed by atoms with E-state index >= 15 is 0 Å². The monoisotopic (exact) mass is 278 g/mol. The van der Waals surface area contributed by atoms with E-state index in [4.69, 9.17) is 0 Å². The highest BCUT2D eigenvalue weighted by Gasteiger charge is 2.23. The highest BCUT2D eigenvalue weighted by molar-refractivity contribution is 6.34. The zero-order chi connectivity index (χ0) is 14.8. The standard InChI is InChI=1S/C17H14N2O2/c1-11(20)18-13-8-6-12(7-9-13)10-15-14-4-2-3-5-16(14)19-17(15)21/h2-10H,1H3,(H,18,20)(H,19,21)/b15-10+. The largest absolute Gasteiger partial charge is 0.326 e. The van der Waals surface area contributed by atoms with E-state index in [1.165, 1.54) is 6.92 Å². The average Bonchev–Trinajstić information content (AvgIpc) is 2.77. The summed E-state index contributed by atoms with van der Waals surface area (Å²) in [7, 11) is 0. The van der Waals surface area contributed by atoms with Crippen LogP contribution in [0.3, 0.4) is 0 Å². The Bertz CT molecular complexity index is 746. The van der Waals surface area contributed by atoms with Gasteiger partial charge in [0.05, 0.1) is 0 Å². The minimum Gasteiger partial charge on any atom is -0.326 e. The van der Waals surface area contributed by atoms with Gasteiger partial charge in [-0.05, 0) is 29.8 Å². The van der Waals surface area contributed by atoms with E-state index in [-0.39, 0.29) is 11.8 Å². The Morgan fingerprint density at radius 1 is 1.10 bits per heavy atom. The zero-order valence-corrected chi connectivity index (χ0v) is 11.5. The maximum atomic E-state index is 12.0. The first-order valence-electron chi connectivity index (χ1n) is 6.63. The van der Waals surface area contributed by atoms with Crippen molar-refractivity contribution in [2.75, 3.05) is 10.6 Å². The minimum absolute atomic E-state index is 0.0952. The fourth-order valence-electron chi connectivity index (χ4n) is 2.31. The normalized spacial score (nSPS) is 14.7. The van der Waals surface area contributed by atoms with Gasteiger partial charge in [0, 0.05) is 29.4 Å². The van der Waals surface area contributed by atoms with Crippen molar-refractivity contribution < 1.29 is 9.59 Å². The SMILES string of the molecule is CC(=O)Nc1ccc(/C=C2/C(=O)Nc3ccccc32)cc1. The van der Waals surface area contributed by atoms with Crippen LogP contribution in [0.25, 0.3) is 11.6 Å². The van der Waals surface area contributed by atoms with Crippen molar-refractivity contribution in [3.05, 3.63) is 59.7 Å². The number of amides is 2. The molecule has 21 heavy (non-hydrogen) atoms. The molecule has 2 aromatic carbocycles. The van der Waals surface area contributed by atoms with Crippen LogP contribution in [-0.4, -0.2) is 11.8 Å². The van der Waals surface area contributed by atoms with Crippen LogP contribution in [0.5, 0.6) is 0 Å². The van der Waals surface area contributed by atoms with Crippen LogP contribution in [0.15, 0.2) is 48.5 Å². The minimum atomic E-state index is -0.106. The molecule has 2 amide bonds. The van der Waals surface area contributed by atoms with Gasteiger partial charge in [-0.2, -0.15) is 0 Å². The van der Waals surface area contributed by atoms with Crippen molar-refractivity contribution in [2.24, 2.45) is 0 Å². The molecular weight excluding hydrogens is 264 g/mol. The van der Waals surface area contributed by atoms with Gasteiger partial charge in [-0.15, -0.1) is 0 Å².